The van der Waals surface area contributed by atoms with Gasteiger partial charge in [0.15, 0.2) is 0 Å². The Hall–Kier alpha value is -1.62. The molecular weight excluding hydrogens is 282 g/mol. The zero-order valence-electron chi connectivity index (χ0n) is 12.7. The Labute approximate surface area is 131 Å². The highest BCUT2D eigenvalue weighted by molar-refractivity contribution is 7.80. The number of nitrogens with two attached hydrogens (primary N) is 1. The minimum absolute atomic E-state index is 0.145. The molecule has 1 fully saturated rings. The van der Waals surface area contributed by atoms with Crippen LogP contribution in [-0.4, -0.2) is 34.9 Å². The SMILES string of the molecule is Cc1cccc(C(N)=S)c1NC(C)C(=O)N1CCCCC1. The minimum Gasteiger partial charge on any atom is -0.389 e. The van der Waals surface area contributed by atoms with Gasteiger partial charge in [0.05, 0.1) is 0 Å². The van der Waals surface area contributed by atoms with Crippen LogP contribution in [0.5, 0.6) is 0 Å². The predicted octanol–water partition coefficient (Wildman–Crippen LogP) is 2.44. The van der Waals surface area contributed by atoms with E-state index < -0.39 is 0 Å². The summed E-state index contributed by atoms with van der Waals surface area (Å²) >= 11 is 5.10. The lowest BCUT2D eigenvalue weighted by atomic mass is 10.1. The van der Waals surface area contributed by atoms with E-state index in [4.69, 9.17) is 18.0 Å². The number of thiocarbonyl (C=S) groups is 1. The number of hydrogen-bond acceptors (Lipinski definition) is 3. The molecule has 2 rings (SSSR count). The van der Waals surface area contributed by atoms with Crippen LogP contribution in [0.3, 0.4) is 0 Å². The number of carbonyl (C=O) groups excluding carboxylic acids is 1. The van der Waals surface area contributed by atoms with Crippen LogP contribution in [0.4, 0.5) is 5.69 Å². The summed E-state index contributed by atoms with van der Waals surface area (Å²) in [5.41, 5.74) is 8.47. The average Bonchev–Trinajstić information content (AvgIpc) is 2.49. The molecule has 4 nitrogen and oxygen atoms in total. The van der Waals surface area contributed by atoms with Crippen molar-refractivity contribution in [3.8, 4) is 0 Å². The zero-order valence-corrected chi connectivity index (χ0v) is 13.5. The number of likely N-dealkylation sites (tertiary alicyclic amines) is 1. The number of nitrogens with one attached hydrogen (secondary N) is 1. The summed E-state index contributed by atoms with van der Waals surface area (Å²) in [6, 6.07) is 5.52. The predicted molar refractivity (Wildman–Crippen MR) is 90.6 cm³/mol. The fourth-order valence-electron chi connectivity index (χ4n) is 2.73. The molecule has 1 saturated heterocycles. The van der Waals surface area contributed by atoms with Gasteiger partial charge in [-0.25, -0.2) is 0 Å². The third kappa shape index (κ3) is 3.73. The van der Waals surface area contributed by atoms with Crippen molar-refractivity contribution in [3.05, 3.63) is 29.3 Å². The Kier molecular flexibility index (Phi) is 5.17. The average molecular weight is 305 g/mol. The molecule has 0 aliphatic carbocycles. The molecule has 1 unspecified atom stereocenters. The lowest BCUT2D eigenvalue weighted by Crippen LogP contribution is -2.44. The Morgan fingerprint density at radius 1 is 1.33 bits per heavy atom. The fourth-order valence-corrected chi connectivity index (χ4v) is 2.90. The number of nitrogens with zero attached hydrogens (tertiary/aromatic N) is 1. The van der Waals surface area contributed by atoms with Gasteiger partial charge < -0.3 is 16.0 Å². The molecule has 114 valence electrons. The molecular formula is C16H23N3OS. The van der Waals surface area contributed by atoms with Gasteiger partial charge >= 0.3 is 0 Å². The highest BCUT2D eigenvalue weighted by Crippen LogP contribution is 2.22. The summed E-state index contributed by atoms with van der Waals surface area (Å²) < 4.78 is 0. The smallest absolute Gasteiger partial charge is 0.244 e. The number of hydrogen-bond donors (Lipinski definition) is 2. The monoisotopic (exact) mass is 305 g/mol. The first kappa shape index (κ1) is 15.8. The van der Waals surface area contributed by atoms with E-state index in [9.17, 15) is 4.79 Å². The maximum absolute atomic E-state index is 12.5. The van der Waals surface area contributed by atoms with Gasteiger partial charge in [0.1, 0.15) is 11.0 Å². The van der Waals surface area contributed by atoms with Crippen LogP contribution in [0.2, 0.25) is 0 Å². The van der Waals surface area contributed by atoms with Crippen LogP contribution < -0.4 is 11.1 Å². The third-order valence-electron chi connectivity index (χ3n) is 3.94. The highest BCUT2D eigenvalue weighted by atomic mass is 32.1. The molecule has 0 aromatic heterocycles. The fraction of sp³-hybridized carbons (Fsp3) is 0.500. The van der Waals surface area contributed by atoms with Crippen LogP contribution in [0.15, 0.2) is 18.2 Å². The van der Waals surface area contributed by atoms with E-state index in [-0.39, 0.29) is 11.9 Å². The molecule has 0 radical (unpaired) electrons. The molecule has 5 heteroatoms. The Morgan fingerprint density at radius 2 is 2.00 bits per heavy atom. The molecule has 0 spiro atoms. The minimum atomic E-state index is -0.280. The Morgan fingerprint density at radius 3 is 2.62 bits per heavy atom. The molecule has 1 heterocycles. The first-order valence-corrected chi connectivity index (χ1v) is 7.86. The molecule has 1 aromatic rings. The summed E-state index contributed by atoms with van der Waals surface area (Å²) in [6.45, 7) is 5.61. The molecule has 3 N–H and O–H groups in total. The van der Waals surface area contributed by atoms with E-state index in [1.54, 1.807) is 0 Å². The lowest BCUT2D eigenvalue weighted by Gasteiger charge is -2.30. The van der Waals surface area contributed by atoms with Gasteiger partial charge in [0.2, 0.25) is 5.91 Å². The van der Waals surface area contributed by atoms with Crippen LogP contribution >= 0.6 is 12.2 Å². The molecule has 0 saturated carbocycles. The standard InChI is InChI=1S/C16H23N3OS/c1-11-7-6-8-13(15(17)21)14(11)18-12(2)16(20)19-9-4-3-5-10-19/h6-8,12,18H,3-5,9-10H2,1-2H3,(H2,17,21). The largest absolute Gasteiger partial charge is 0.389 e. The molecule has 1 aliphatic heterocycles. The van der Waals surface area contributed by atoms with Crippen molar-refractivity contribution in [1.82, 2.24) is 4.90 Å². The third-order valence-corrected chi connectivity index (χ3v) is 4.16. The van der Waals surface area contributed by atoms with E-state index in [0.29, 0.717) is 4.99 Å². The van der Waals surface area contributed by atoms with Gasteiger partial charge in [-0.15, -0.1) is 0 Å². The van der Waals surface area contributed by atoms with Crippen molar-refractivity contribution < 1.29 is 4.79 Å². The van der Waals surface area contributed by atoms with Gasteiger partial charge in [-0.3, -0.25) is 4.79 Å². The summed E-state index contributed by atoms with van der Waals surface area (Å²) in [5, 5.41) is 3.30. The van der Waals surface area contributed by atoms with Crippen molar-refractivity contribution >= 4 is 28.8 Å². The van der Waals surface area contributed by atoms with Gasteiger partial charge in [0, 0.05) is 24.3 Å². The van der Waals surface area contributed by atoms with Crippen molar-refractivity contribution in [3.63, 3.8) is 0 Å². The van der Waals surface area contributed by atoms with Crippen molar-refractivity contribution in [2.24, 2.45) is 5.73 Å². The number of aryl methyl sites for hydroxylation is 1. The number of anilines is 1. The van der Waals surface area contributed by atoms with Gasteiger partial charge in [-0.05, 0) is 44.7 Å². The van der Waals surface area contributed by atoms with E-state index in [1.165, 1.54) is 6.42 Å². The van der Waals surface area contributed by atoms with Crippen LogP contribution in [0.1, 0.15) is 37.3 Å². The van der Waals surface area contributed by atoms with E-state index >= 15 is 0 Å². The van der Waals surface area contributed by atoms with Crippen LogP contribution in [0, 0.1) is 6.92 Å². The molecule has 1 atom stereocenters. The van der Waals surface area contributed by atoms with Crippen LogP contribution in [0.25, 0.3) is 0 Å². The second kappa shape index (κ2) is 6.89. The second-order valence-corrected chi connectivity index (χ2v) is 6.05. The zero-order chi connectivity index (χ0) is 15.4. The Balaban J connectivity index is 2.13. The highest BCUT2D eigenvalue weighted by Gasteiger charge is 2.23. The maximum Gasteiger partial charge on any atom is 0.244 e. The van der Waals surface area contributed by atoms with Crippen molar-refractivity contribution in [2.75, 3.05) is 18.4 Å². The summed E-state index contributed by atoms with van der Waals surface area (Å²) in [7, 11) is 0. The molecule has 21 heavy (non-hydrogen) atoms. The topological polar surface area (TPSA) is 58.4 Å². The van der Waals surface area contributed by atoms with E-state index in [1.807, 2.05) is 36.9 Å². The maximum atomic E-state index is 12.5. The first-order valence-electron chi connectivity index (χ1n) is 7.45. The normalized spacial score (nSPS) is 16.4. The van der Waals surface area contributed by atoms with E-state index in [0.717, 1.165) is 42.7 Å². The molecule has 1 aliphatic rings. The summed E-state index contributed by atoms with van der Waals surface area (Å²) in [6.07, 6.45) is 3.41. The quantitative estimate of drug-likeness (QED) is 0.839. The number of amides is 1. The molecule has 1 amide bonds. The molecule has 0 bridgehead atoms. The second-order valence-electron chi connectivity index (χ2n) is 5.61. The number of para-hydroxylation sites is 1. The first-order chi connectivity index (χ1) is 10.0. The van der Waals surface area contributed by atoms with Crippen molar-refractivity contribution in [1.29, 1.82) is 0 Å². The number of piperidine rings is 1. The number of benzene rings is 1. The van der Waals surface area contributed by atoms with Crippen molar-refractivity contribution in [2.45, 2.75) is 39.2 Å². The number of rotatable bonds is 4. The van der Waals surface area contributed by atoms with Gasteiger partial charge in [-0.2, -0.15) is 0 Å². The summed E-state index contributed by atoms with van der Waals surface area (Å²) in [5.74, 6) is 0.145. The Bertz CT molecular complexity index is 538. The molecule has 1 aromatic carbocycles. The van der Waals surface area contributed by atoms with Gasteiger partial charge in [-0.1, -0.05) is 24.4 Å². The van der Waals surface area contributed by atoms with Gasteiger partial charge in [0.25, 0.3) is 0 Å². The number of carbonyl (C=O) groups is 1. The summed E-state index contributed by atoms with van der Waals surface area (Å²) in [4.78, 5) is 14.8. The lowest BCUT2D eigenvalue weighted by molar-refractivity contribution is -0.132. The van der Waals surface area contributed by atoms with Crippen LogP contribution in [-0.2, 0) is 4.79 Å². The van der Waals surface area contributed by atoms with E-state index in [2.05, 4.69) is 5.32 Å².